The smallest absolute Gasteiger partial charge is 0.261 e. The molecule has 5 nitrogen and oxygen atoms in total. The molecule has 0 saturated heterocycles. The van der Waals surface area contributed by atoms with Crippen molar-refractivity contribution in [3.63, 3.8) is 0 Å². The van der Waals surface area contributed by atoms with Gasteiger partial charge in [-0.25, -0.2) is 4.98 Å². The van der Waals surface area contributed by atoms with Gasteiger partial charge < -0.3 is 10.3 Å². The van der Waals surface area contributed by atoms with E-state index in [2.05, 4.69) is 15.3 Å². The first-order valence-electron chi connectivity index (χ1n) is 5.61. The molecule has 2 rings (SSSR count). The van der Waals surface area contributed by atoms with E-state index in [0.717, 1.165) is 5.56 Å². The Kier molecular flexibility index (Phi) is 3.66. The lowest BCUT2D eigenvalue weighted by molar-refractivity contribution is 0.102. The number of carbonyl (C=O) groups is 1. The number of rotatable bonds is 2. The molecule has 0 aliphatic heterocycles. The molecule has 6 heteroatoms. The number of anilines is 1. The average Bonchev–Trinajstić information content (AvgIpc) is 2.33. The highest BCUT2D eigenvalue weighted by molar-refractivity contribution is 6.32. The number of aromatic amines is 1. The van der Waals surface area contributed by atoms with Gasteiger partial charge in [-0.05, 0) is 25.5 Å². The highest BCUT2D eigenvalue weighted by atomic mass is 35.5. The lowest BCUT2D eigenvalue weighted by Crippen LogP contribution is -2.22. The zero-order valence-corrected chi connectivity index (χ0v) is 11.2. The van der Waals surface area contributed by atoms with Crippen LogP contribution in [0.1, 0.15) is 21.6 Å². The number of hydrogen-bond donors (Lipinski definition) is 2. The van der Waals surface area contributed by atoms with Crippen LogP contribution in [-0.4, -0.2) is 15.9 Å². The number of nitrogens with one attached hydrogen (secondary N) is 2. The van der Waals surface area contributed by atoms with E-state index in [1.54, 1.807) is 26.1 Å². The van der Waals surface area contributed by atoms with Crippen molar-refractivity contribution < 1.29 is 4.79 Å². The zero-order valence-electron chi connectivity index (χ0n) is 10.5. The van der Waals surface area contributed by atoms with Gasteiger partial charge in [0.25, 0.3) is 5.91 Å². The fourth-order valence-electron chi connectivity index (χ4n) is 1.61. The first-order valence-corrected chi connectivity index (χ1v) is 5.98. The van der Waals surface area contributed by atoms with Crippen LogP contribution in [0.4, 0.5) is 5.69 Å². The van der Waals surface area contributed by atoms with Gasteiger partial charge in [0, 0.05) is 24.2 Å². The minimum Gasteiger partial charge on any atom is -0.364 e. The highest BCUT2D eigenvalue weighted by Crippen LogP contribution is 2.22. The van der Waals surface area contributed by atoms with Crippen LogP contribution < -0.4 is 10.7 Å². The Morgan fingerprint density at radius 3 is 2.79 bits per heavy atom. The number of H-pyrrole nitrogens is 1. The molecule has 2 aromatic heterocycles. The molecule has 0 spiro atoms. The fraction of sp³-hybridized carbons (Fsp3) is 0.154. The molecule has 0 aromatic carbocycles. The van der Waals surface area contributed by atoms with Gasteiger partial charge in [-0.2, -0.15) is 0 Å². The standard InChI is InChI=1S/C13H12ClN3O2/c1-7-3-4-15-12(14)11(7)17-13(19)9-6-16-8(2)5-10(9)18/h3-6H,1-2H3,(H,16,18)(H,17,19). The number of aryl methyl sites for hydroxylation is 2. The van der Waals surface area contributed by atoms with Gasteiger partial charge in [0.2, 0.25) is 0 Å². The number of halogens is 1. The number of aromatic nitrogens is 2. The third kappa shape index (κ3) is 2.82. The third-order valence-electron chi connectivity index (χ3n) is 2.65. The molecule has 2 heterocycles. The predicted molar refractivity (Wildman–Crippen MR) is 73.7 cm³/mol. The Labute approximate surface area is 114 Å². The second-order valence-corrected chi connectivity index (χ2v) is 4.50. The SMILES string of the molecule is Cc1cc(=O)c(C(=O)Nc2c(C)ccnc2Cl)c[nH]1. The number of hydrogen-bond acceptors (Lipinski definition) is 3. The van der Waals surface area contributed by atoms with Crippen molar-refractivity contribution in [3.05, 3.63) is 56.7 Å². The molecule has 1 amide bonds. The Morgan fingerprint density at radius 2 is 2.16 bits per heavy atom. The van der Waals surface area contributed by atoms with Gasteiger partial charge in [0.1, 0.15) is 5.56 Å². The Hall–Kier alpha value is -2.14. The van der Waals surface area contributed by atoms with Crippen molar-refractivity contribution in [2.24, 2.45) is 0 Å². The van der Waals surface area contributed by atoms with Crippen molar-refractivity contribution in [1.29, 1.82) is 0 Å². The maximum Gasteiger partial charge on any atom is 0.261 e. The first kappa shape index (κ1) is 13.3. The summed E-state index contributed by atoms with van der Waals surface area (Å²) in [6, 6.07) is 3.09. The highest BCUT2D eigenvalue weighted by Gasteiger charge is 2.14. The third-order valence-corrected chi connectivity index (χ3v) is 2.94. The largest absolute Gasteiger partial charge is 0.364 e. The molecule has 0 unspecified atom stereocenters. The summed E-state index contributed by atoms with van der Waals surface area (Å²) in [7, 11) is 0. The maximum atomic E-state index is 12.0. The quantitative estimate of drug-likeness (QED) is 0.827. The number of nitrogens with zero attached hydrogens (tertiary/aromatic N) is 1. The van der Waals surface area contributed by atoms with Crippen LogP contribution in [0, 0.1) is 13.8 Å². The Bertz CT molecular complexity index is 674. The monoisotopic (exact) mass is 277 g/mol. The summed E-state index contributed by atoms with van der Waals surface area (Å²) in [5.41, 5.74) is 1.57. The maximum absolute atomic E-state index is 12.0. The molecule has 0 radical (unpaired) electrons. The van der Waals surface area contributed by atoms with E-state index in [-0.39, 0.29) is 16.1 Å². The Morgan fingerprint density at radius 1 is 1.42 bits per heavy atom. The molecule has 0 saturated carbocycles. The summed E-state index contributed by atoms with van der Waals surface area (Å²) in [5.74, 6) is -0.515. The van der Waals surface area contributed by atoms with Gasteiger partial charge in [-0.3, -0.25) is 9.59 Å². The molecule has 2 N–H and O–H groups in total. The van der Waals surface area contributed by atoms with Gasteiger partial charge in [0.05, 0.1) is 5.69 Å². The van der Waals surface area contributed by atoms with Crippen LogP contribution >= 0.6 is 11.6 Å². The van der Waals surface area contributed by atoms with Crippen molar-refractivity contribution in [3.8, 4) is 0 Å². The molecule has 2 aromatic rings. The first-order chi connectivity index (χ1) is 8.99. The van der Waals surface area contributed by atoms with E-state index in [1.165, 1.54) is 12.3 Å². The summed E-state index contributed by atoms with van der Waals surface area (Å²) in [6.07, 6.45) is 2.93. The van der Waals surface area contributed by atoms with E-state index in [9.17, 15) is 9.59 Å². The molecule has 0 aliphatic rings. The minimum absolute atomic E-state index is 0.0323. The lowest BCUT2D eigenvalue weighted by Gasteiger charge is -2.09. The fourth-order valence-corrected chi connectivity index (χ4v) is 1.86. The van der Waals surface area contributed by atoms with Crippen LogP contribution in [0.2, 0.25) is 5.15 Å². The second kappa shape index (κ2) is 5.24. The molecule has 0 atom stereocenters. The number of pyridine rings is 2. The molecule has 19 heavy (non-hydrogen) atoms. The number of carbonyl (C=O) groups excluding carboxylic acids is 1. The van der Waals surface area contributed by atoms with Gasteiger partial charge >= 0.3 is 0 Å². The van der Waals surface area contributed by atoms with E-state index in [1.807, 2.05) is 0 Å². The van der Waals surface area contributed by atoms with Crippen molar-refractivity contribution in [2.45, 2.75) is 13.8 Å². The summed E-state index contributed by atoms with van der Waals surface area (Å²) in [4.78, 5) is 30.5. The average molecular weight is 278 g/mol. The molecule has 98 valence electrons. The summed E-state index contributed by atoms with van der Waals surface area (Å²) in [5, 5.41) is 2.79. The van der Waals surface area contributed by atoms with E-state index in [0.29, 0.717) is 11.4 Å². The van der Waals surface area contributed by atoms with E-state index < -0.39 is 5.91 Å². The van der Waals surface area contributed by atoms with Crippen molar-refractivity contribution in [2.75, 3.05) is 5.32 Å². The van der Waals surface area contributed by atoms with E-state index >= 15 is 0 Å². The normalized spacial score (nSPS) is 10.3. The van der Waals surface area contributed by atoms with E-state index in [4.69, 9.17) is 11.6 Å². The van der Waals surface area contributed by atoms with Gasteiger partial charge in [-0.15, -0.1) is 0 Å². The van der Waals surface area contributed by atoms with Crippen molar-refractivity contribution in [1.82, 2.24) is 9.97 Å². The second-order valence-electron chi connectivity index (χ2n) is 4.14. The van der Waals surface area contributed by atoms with Crippen LogP contribution in [0.25, 0.3) is 0 Å². The minimum atomic E-state index is -0.515. The van der Waals surface area contributed by atoms with Crippen LogP contribution in [0.5, 0.6) is 0 Å². The van der Waals surface area contributed by atoms with Gasteiger partial charge in [-0.1, -0.05) is 11.6 Å². The Balaban J connectivity index is 2.34. The molecule has 0 aliphatic carbocycles. The summed E-state index contributed by atoms with van der Waals surface area (Å²) >= 11 is 5.91. The molecular weight excluding hydrogens is 266 g/mol. The van der Waals surface area contributed by atoms with Crippen molar-refractivity contribution >= 4 is 23.2 Å². The topological polar surface area (TPSA) is 74.8 Å². The number of amides is 1. The molecule has 0 fully saturated rings. The summed E-state index contributed by atoms with van der Waals surface area (Å²) < 4.78 is 0. The molecule has 0 bridgehead atoms. The van der Waals surface area contributed by atoms with Crippen LogP contribution in [0.3, 0.4) is 0 Å². The predicted octanol–water partition coefficient (Wildman–Crippen LogP) is 2.29. The van der Waals surface area contributed by atoms with Gasteiger partial charge in [0.15, 0.2) is 10.6 Å². The van der Waals surface area contributed by atoms with Crippen LogP contribution in [-0.2, 0) is 0 Å². The molecular formula is C13H12ClN3O2. The zero-order chi connectivity index (χ0) is 14.0. The van der Waals surface area contributed by atoms with Crippen LogP contribution in [0.15, 0.2) is 29.3 Å². The lowest BCUT2D eigenvalue weighted by atomic mass is 10.2. The summed E-state index contributed by atoms with van der Waals surface area (Å²) in [6.45, 7) is 3.54.